The number of aromatic nitrogens is 6. The van der Waals surface area contributed by atoms with Crippen LogP contribution in [0.3, 0.4) is 0 Å². The van der Waals surface area contributed by atoms with Crippen molar-refractivity contribution in [1.82, 2.24) is 29.5 Å². The molecule has 0 spiro atoms. The minimum absolute atomic E-state index is 0.542. The summed E-state index contributed by atoms with van der Waals surface area (Å²) in [5.74, 6) is 1.81. The molecule has 5 rings (SSSR count). The van der Waals surface area contributed by atoms with Gasteiger partial charge in [0.25, 0.3) is 0 Å². The molecule has 0 aromatic carbocycles. The van der Waals surface area contributed by atoms with Crippen molar-refractivity contribution in [3.63, 3.8) is 0 Å². The normalized spacial score (nSPS) is 14.6. The van der Waals surface area contributed by atoms with Crippen molar-refractivity contribution in [2.75, 3.05) is 11.9 Å². The van der Waals surface area contributed by atoms with E-state index in [0.29, 0.717) is 17.8 Å². The van der Waals surface area contributed by atoms with Crippen molar-refractivity contribution in [2.45, 2.75) is 32.6 Å². The van der Waals surface area contributed by atoms with Gasteiger partial charge in [-0.3, -0.25) is 0 Å². The van der Waals surface area contributed by atoms with Crippen LogP contribution in [0.4, 0.5) is 5.95 Å². The maximum Gasteiger partial charge on any atom is 0.224 e. The molecule has 0 amide bonds. The van der Waals surface area contributed by atoms with Gasteiger partial charge in [0, 0.05) is 41.6 Å². The Morgan fingerprint density at radius 1 is 1.27 bits per heavy atom. The van der Waals surface area contributed by atoms with E-state index in [4.69, 9.17) is 4.98 Å². The van der Waals surface area contributed by atoms with Gasteiger partial charge in [0.1, 0.15) is 5.65 Å². The molecular formula is C19H21N7. The average molecular weight is 347 g/mol. The number of aromatic amines is 1. The maximum atomic E-state index is 4.88. The summed E-state index contributed by atoms with van der Waals surface area (Å²) in [6, 6.07) is 1.99. The van der Waals surface area contributed by atoms with Crippen LogP contribution in [0, 0.1) is 5.92 Å². The van der Waals surface area contributed by atoms with E-state index < -0.39 is 0 Å². The third kappa shape index (κ3) is 2.60. The lowest BCUT2D eigenvalue weighted by molar-refractivity contribution is 0.685. The van der Waals surface area contributed by atoms with Crippen LogP contribution in [0.2, 0.25) is 0 Å². The Labute approximate surface area is 150 Å². The van der Waals surface area contributed by atoms with Crippen LogP contribution in [-0.4, -0.2) is 36.1 Å². The van der Waals surface area contributed by atoms with Crippen LogP contribution in [0.5, 0.6) is 0 Å². The fourth-order valence-electron chi connectivity index (χ4n) is 3.22. The quantitative estimate of drug-likeness (QED) is 0.576. The van der Waals surface area contributed by atoms with E-state index in [1.54, 1.807) is 0 Å². The van der Waals surface area contributed by atoms with Gasteiger partial charge in [0.15, 0.2) is 5.65 Å². The molecule has 4 aromatic rings. The van der Waals surface area contributed by atoms with Crippen molar-refractivity contribution in [3.8, 4) is 11.3 Å². The number of hydrogen-bond donors (Lipinski definition) is 2. The fourth-order valence-corrected chi connectivity index (χ4v) is 3.22. The summed E-state index contributed by atoms with van der Waals surface area (Å²) in [6.45, 7) is 5.17. The van der Waals surface area contributed by atoms with E-state index in [-0.39, 0.29) is 0 Å². The summed E-state index contributed by atoms with van der Waals surface area (Å²) in [5, 5.41) is 8.66. The molecule has 1 fully saturated rings. The minimum atomic E-state index is 0.542. The Hall–Kier alpha value is -2.96. The van der Waals surface area contributed by atoms with Gasteiger partial charge >= 0.3 is 0 Å². The summed E-state index contributed by atoms with van der Waals surface area (Å²) < 4.78 is 1.86. The fraction of sp³-hybridized carbons (Fsp3) is 0.368. The van der Waals surface area contributed by atoms with Crippen molar-refractivity contribution >= 4 is 22.6 Å². The zero-order valence-electron chi connectivity index (χ0n) is 14.9. The van der Waals surface area contributed by atoms with Gasteiger partial charge in [0.05, 0.1) is 11.9 Å². The number of nitrogens with one attached hydrogen (secondary N) is 2. The lowest BCUT2D eigenvalue weighted by Crippen LogP contribution is -2.10. The third-order valence-electron chi connectivity index (χ3n) is 4.79. The molecule has 1 aliphatic rings. The van der Waals surface area contributed by atoms with Gasteiger partial charge in [-0.25, -0.2) is 14.5 Å². The minimum Gasteiger partial charge on any atom is -0.354 e. The molecule has 0 atom stereocenters. The predicted octanol–water partition coefficient (Wildman–Crippen LogP) is 3.61. The molecule has 0 unspecified atom stereocenters. The molecule has 4 heterocycles. The predicted molar refractivity (Wildman–Crippen MR) is 101 cm³/mol. The largest absolute Gasteiger partial charge is 0.354 e. The van der Waals surface area contributed by atoms with E-state index in [1.807, 2.05) is 35.4 Å². The zero-order valence-corrected chi connectivity index (χ0v) is 14.9. The lowest BCUT2D eigenvalue weighted by atomic mass is 10.1. The third-order valence-corrected chi connectivity index (χ3v) is 4.79. The number of hydrogen-bond acceptors (Lipinski definition) is 5. The summed E-state index contributed by atoms with van der Waals surface area (Å²) in [6.07, 6.45) is 10.2. The summed E-state index contributed by atoms with van der Waals surface area (Å²) in [4.78, 5) is 17.2. The molecule has 0 radical (unpaired) electrons. The Morgan fingerprint density at radius 2 is 2.15 bits per heavy atom. The van der Waals surface area contributed by atoms with Gasteiger partial charge in [0.2, 0.25) is 5.95 Å². The second-order valence-corrected chi connectivity index (χ2v) is 7.39. The van der Waals surface area contributed by atoms with Crippen LogP contribution in [0.1, 0.15) is 38.2 Å². The highest BCUT2D eigenvalue weighted by Crippen LogP contribution is 2.41. The average Bonchev–Trinajstić information content (AvgIpc) is 3.26. The highest BCUT2D eigenvalue weighted by Gasteiger charge is 2.27. The Kier molecular flexibility index (Phi) is 3.41. The van der Waals surface area contributed by atoms with Gasteiger partial charge in [-0.05, 0) is 30.7 Å². The monoisotopic (exact) mass is 347 g/mol. The summed E-state index contributed by atoms with van der Waals surface area (Å²) in [7, 11) is 0. The molecule has 0 bridgehead atoms. The molecule has 7 heteroatoms. The molecule has 1 saturated carbocycles. The van der Waals surface area contributed by atoms with Gasteiger partial charge in [-0.2, -0.15) is 10.1 Å². The second kappa shape index (κ2) is 5.79. The zero-order chi connectivity index (χ0) is 17.7. The Bertz CT molecular complexity index is 1090. The van der Waals surface area contributed by atoms with E-state index in [9.17, 15) is 0 Å². The highest BCUT2D eigenvalue weighted by atomic mass is 15.2. The molecule has 1 aliphatic carbocycles. The molecule has 2 N–H and O–H groups in total. The molecule has 132 valence electrons. The standard InChI is InChI=1S/C19H21N7/c1-11(2)7-21-19-22-9-15-14(8-20-17(15)25-19)16-5-6-26-18(24-16)13(10-23-26)12-3-4-12/h5-6,8-12H,3-4,7H2,1-2H3,(H2,20,21,22,25). The first-order chi connectivity index (χ1) is 12.7. The van der Waals surface area contributed by atoms with Crippen molar-refractivity contribution in [3.05, 3.63) is 36.4 Å². The molecular weight excluding hydrogens is 326 g/mol. The summed E-state index contributed by atoms with van der Waals surface area (Å²) >= 11 is 0. The topological polar surface area (TPSA) is 83.8 Å². The van der Waals surface area contributed by atoms with Gasteiger partial charge in [-0.1, -0.05) is 13.8 Å². The van der Waals surface area contributed by atoms with Crippen LogP contribution in [0.25, 0.3) is 27.9 Å². The van der Waals surface area contributed by atoms with Crippen molar-refractivity contribution < 1.29 is 0 Å². The van der Waals surface area contributed by atoms with Gasteiger partial charge in [-0.15, -0.1) is 0 Å². The molecule has 0 aliphatic heterocycles. The molecule has 7 nitrogen and oxygen atoms in total. The highest BCUT2D eigenvalue weighted by molar-refractivity contribution is 5.92. The van der Waals surface area contributed by atoms with Gasteiger partial charge < -0.3 is 10.3 Å². The van der Waals surface area contributed by atoms with Crippen LogP contribution in [0.15, 0.2) is 30.9 Å². The first-order valence-electron chi connectivity index (χ1n) is 9.11. The van der Waals surface area contributed by atoms with Crippen LogP contribution in [-0.2, 0) is 0 Å². The number of nitrogens with zero attached hydrogens (tertiary/aromatic N) is 5. The number of anilines is 1. The molecule has 0 saturated heterocycles. The Balaban J connectivity index is 1.54. The van der Waals surface area contributed by atoms with E-state index >= 15 is 0 Å². The number of fused-ring (bicyclic) bond motifs is 2. The van der Waals surface area contributed by atoms with Crippen LogP contribution >= 0.6 is 0 Å². The molecule has 4 aromatic heterocycles. The number of H-pyrrole nitrogens is 1. The number of rotatable bonds is 5. The van der Waals surface area contributed by atoms with E-state index in [0.717, 1.165) is 34.5 Å². The van der Waals surface area contributed by atoms with E-state index in [2.05, 4.69) is 39.2 Å². The second-order valence-electron chi connectivity index (χ2n) is 7.39. The maximum absolute atomic E-state index is 4.88. The first-order valence-corrected chi connectivity index (χ1v) is 9.11. The lowest BCUT2D eigenvalue weighted by Gasteiger charge is -2.07. The smallest absolute Gasteiger partial charge is 0.224 e. The van der Waals surface area contributed by atoms with Crippen molar-refractivity contribution in [1.29, 1.82) is 0 Å². The van der Waals surface area contributed by atoms with Crippen molar-refractivity contribution in [2.24, 2.45) is 5.92 Å². The SMILES string of the molecule is CC(C)CNc1ncc2c(-c3ccn4ncc(C5CC5)c4n3)c[nH]c2n1. The van der Waals surface area contributed by atoms with Crippen LogP contribution < -0.4 is 5.32 Å². The molecule has 26 heavy (non-hydrogen) atoms. The summed E-state index contributed by atoms with van der Waals surface area (Å²) in [5.41, 5.74) is 4.95. The Morgan fingerprint density at radius 3 is 2.96 bits per heavy atom. The first kappa shape index (κ1) is 15.3. The van der Waals surface area contributed by atoms with E-state index in [1.165, 1.54) is 18.4 Å².